The first-order chi connectivity index (χ1) is 8.10. The lowest BCUT2D eigenvalue weighted by Gasteiger charge is -2.22. The molecule has 0 bridgehead atoms. The average Bonchev–Trinajstić information content (AvgIpc) is 2.60. The molecule has 1 heterocycles. The Morgan fingerprint density at radius 2 is 2.00 bits per heavy atom. The molecule has 3 nitrogen and oxygen atoms in total. The van der Waals surface area contributed by atoms with Crippen molar-refractivity contribution in [3.05, 3.63) is 15.9 Å². The summed E-state index contributed by atoms with van der Waals surface area (Å²) in [5.74, 6) is 0. The van der Waals surface area contributed by atoms with Crippen molar-refractivity contribution in [2.45, 2.75) is 36.2 Å². The minimum absolute atomic E-state index is 0.135. The predicted octanol–water partition coefficient (Wildman–Crippen LogP) is 3.99. The molecule has 0 aliphatic rings. The van der Waals surface area contributed by atoms with Crippen molar-refractivity contribution in [3.63, 3.8) is 0 Å². The summed E-state index contributed by atoms with van der Waals surface area (Å²) in [6, 6.07) is 3.34. The Kier molecular flexibility index (Phi) is 5.86. The van der Waals surface area contributed by atoms with Crippen LogP contribution in [-0.4, -0.2) is 19.8 Å². The monoisotopic (exact) mass is 417 g/mol. The zero-order valence-corrected chi connectivity index (χ0v) is 15.3. The van der Waals surface area contributed by atoms with Gasteiger partial charge in [0, 0.05) is 11.4 Å². The van der Waals surface area contributed by atoms with Gasteiger partial charge in [0.15, 0.2) is 0 Å². The maximum atomic E-state index is 12.0. The van der Waals surface area contributed by atoms with Crippen molar-refractivity contribution >= 4 is 53.2 Å². The first kappa shape index (κ1) is 16.6. The third-order valence-corrected chi connectivity index (χ3v) is 6.33. The predicted molar refractivity (Wildman–Crippen MR) is 84.0 cm³/mol. The van der Waals surface area contributed by atoms with Gasteiger partial charge in [0.1, 0.15) is 4.21 Å². The highest BCUT2D eigenvalue weighted by atomic mass is 79.9. The number of nitrogens with one attached hydrogen (secondary N) is 1. The third-order valence-electron chi connectivity index (χ3n) is 2.14. The van der Waals surface area contributed by atoms with Gasteiger partial charge in [-0.25, -0.2) is 13.1 Å². The van der Waals surface area contributed by atoms with E-state index >= 15 is 0 Å². The summed E-state index contributed by atoms with van der Waals surface area (Å²) in [5.41, 5.74) is 0.172. The molecule has 7 heteroatoms. The van der Waals surface area contributed by atoms with E-state index in [1.165, 1.54) is 11.3 Å². The molecule has 0 fully saturated rings. The SMILES string of the molecule is CC(C)(C)CC(Br)CNS(=O)(=O)c1ccc(Br)s1. The number of hydrogen-bond donors (Lipinski definition) is 1. The van der Waals surface area contributed by atoms with E-state index in [4.69, 9.17) is 0 Å². The van der Waals surface area contributed by atoms with Crippen LogP contribution in [0.4, 0.5) is 0 Å². The van der Waals surface area contributed by atoms with Crippen molar-refractivity contribution in [1.29, 1.82) is 0 Å². The Morgan fingerprint density at radius 3 is 2.44 bits per heavy atom. The summed E-state index contributed by atoms with van der Waals surface area (Å²) in [6.45, 7) is 6.79. The van der Waals surface area contributed by atoms with Crippen LogP contribution in [0.25, 0.3) is 0 Å². The fourth-order valence-electron chi connectivity index (χ4n) is 1.45. The number of hydrogen-bond acceptors (Lipinski definition) is 3. The molecular weight excluding hydrogens is 402 g/mol. The molecular formula is C11H17Br2NO2S2. The standard InChI is InChI=1S/C11H17Br2NO2S2/c1-11(2,3)6-8(12)7-14-18(15,16)10-5-4-9(13)17-10/h4-5,8,14H,6-7H2,1-3H3. The zero-order valence-electron chi connectivity index (χ0n) is 10.5. The quantitative estimate of drug-likeness (QED) is 0.734. The highest BCUT2D eigenvalue weighted by Crippen LogP contribution is 2.27. The second-order valence-corrected chi connectivity index (χ2v) is 11.0. The summed E-state index contributed by atoms with van der Waals surface area (Å²) >= 11 is 7.98. The van der Waals surface area contributed by atoms with E-state index < -0.39 is 10.0 Å². The van der Waals surface area contributed by atoms with Gasteiger partial charge in [-0.1, -0.05) is 36.7 Å². The lowest BCUT2D eigenvalue weighted by Crippen LogP contribution is -2.31. The molecule has 1 aromatic rings. The number of thiophene rings is 1. The normalized spacial score (nSPS) is 14.7. The molecule has 0 amide bonds. The van der Waals surface area contributed by atoms with E-state index in [2.05, 4.69) is 57.4 Å². The van der Waals surface area contributed by atoms with E-state index in [1.807, 2.05) is 0 Å². The van der Waals surface area contributed by atoms with E-state index in [0.717, 1.165) is 10.2 Å². The highest BCUT2D eigenvalue weighted by molar-refractivity contribution is 9.11. The lowest BCUT2D eigenvalue weighted by molar-refractivity contribution is 0.373. The van der Waals surface area contributed by atoms with Crippen molar-refractivity contribution in [1.82, 2.24) is 4.72 Å². The molecule has 0 saturated heterocycles. The maximum Gasteiger partial charge on any atom is 0.250 e. The van der Waals surface area contributed by atoms with E-state index in [1.54, 1.807) is 12.1 Å². The van der Waals surface area contributed by atoms with E-state index in [0.29, 0.717) is 10.8 Å². The second kappa shape index (κ2) is 6.35. The molecule has 0 aliphatic carbocycles. The molecule has 0 aliphatic heterocycles. The van der Waals surface area contributed by atoms with Crippen LogP contribution >= 0.6 is 43.2 Å². The van der Waals surface area contributed by atoms with Crippen LogP contribution in [0.5, 0.6) is 0 Å². The number of alkyl halides is 1. The van der Waals surface area contributed by atoms with Gasteiger partial charge >= 0.3 is 0 Å². The minimum Gasteiger partial charge on any atom is -0.209 e. The van der Waals surface area contributed by atoms with Gasteiger partial charge in [-0.2, -0.15) is 0 Å². The van der Waals surface area contributed by atoms with Gasteiger partial charge in [0.05, 0.1) is 3.79 Å². The minimum atomic E-state index is -3.38. The zero-order chi connectivity index (χ0) is 14.0. The molecule has 1 atom stereocenters. The van der Waals surface area contributed by atoms with Crippen LogP contribution in [0.1, 0.15) is 27.2 Å². The van der Waals surface area contributed by atoms with Gasteiger partial charge in [-0.3, -0.25) is 0 Å². The van der Waals surface area contributed by atoms with Crippen molar-refractivity contribution < 1.29 is 8.42 Å². The molecule has 0 radical (unpaired) electrons. The van der Waals surface area contributed by atoms with Gasteiger partial charge in [0.2, 0.25) is 10.0 Å². The van der Waals surface area contributed by atoms with Gasteiger partial charge in [-0.15, -0.1) is 11.3 Å². The van der Waals surface area contributed by atoms with E-state index in [-0.39, 0.29) is 10.2 Å². The molecule has 0 saturated carbocycles. The number of halogens is 2. The fourth-order valence-corrected chi connectivity index (χ4v) is 5.93. The smallest absolute Gasteiger partial charge is 0.209 e. The summed E-state index contributed by atoms with van der Waals surface area (Å²) in [7, 11) is -3.38. The van der Waals surface area contributed by atoms with Crippen LogP contribution in [0, 0.1) is 5.41 Å². The van der Waals surface area contributed by atoms with Crippen LogP contribution < -0.4 is 4.72 Å². The Morgan fingerprint density at radius 1 is 1.39 bits per heavy atom. The lowest BCUT2D eigenvalue weighted by atomic mass is 9.91. The molecule has 0 spiro atoms. The largest absolute Gasteiger partial charge is 0.250 e. The number of sulfonamides is 1. The Balaban J connectivity index is 2.58. The Hall–Kier alpha value is 0.570. The summed E-state index contributed by atoms with van der Waals surface area (Å²) < 4.78 is 27.7. The Labute approximate surface area is 130 Å². The third kappa shape index (κ3) is 5.69. The molecule has 1 unspecified atom stereocenters. The van der Waals surface area contributed by atoms with Gasteiger partial charge in [-0.05, 0) is 39.9 Å². The molecule has 1 N–H and O–H groups in total. The van der Waals surface area contributed by atoms with Crippen LogP contribution in [0.3, 0.4) is 0 Å². The maximum absolute atomic E-state index is 12.0. The molecule has 18 heavy (non-hydrogen) atoms. The average molecular weight is 419 g/mol. The molecule has 1 aromatic heterocycles. The molecule has 0 aromatic carbocycles. The molecule has 1 rings (SSSR count). The highest BCUT2D eigenvalue weighted by Gasteiger charge is 2.20. The molecule has 104 valence electrons. The fraction of sp³-hybridized carbons (Fsp3) is 0.636. The van der Waals surface area contributed by atoms with Crippen molar-refractivity contribution in [2.24, 2.45) is 5.41 Å². The van der Waals surface area contributed by atoms with Crippen LogP contribution in [0.15, 0.2) is 20.1 Å². The van der Waals surface area contributed by atoms with Crippen LogP contribution in [-0.2, 0) is 10.0 Å². The van der Waals surface area contributed by atoms with Gasteiger partial charge < -0.3 is 0 Å². The summed E-state index contributed by atoms with van der Waals surface area (Å²) in [5, 5.41) is 0. The van der Waals surface area contributed by atoms with Crippen LogP contribution in [0.2, 0.25) is 0 Å². The van der Waals surface area contributed by atoms with Gasteiger partial charge in [0.25, 0.3) is 0 Å². The van der Waals surface area contributed by atoms with Crippen molar-refractivity contribution in [3.8, 4) is 0 Å². The second-order valence-electron chi connectivity index (χ2n) is 5.27. The van der Waals surface area contributed by atoms with E-state index in [9.17, 15) is 8.42 Å². The van der Waals surface area contributed by atoms with Crippen molar-refractivity contribution in [2.75, 3.05) is 6.54 Å². The first-order valence-corrected chi connectivity index (χ1v) is 9.50. The summed E-state index contributed by atoms with van der Waals surface area (Å²) in [4.78, 5) is 0.135. The first-order valence-electron chi connectivity index (χ1n) is 5.49. The number of rotatable bonds is 5. The topological polar surface area (TPSA) is 46.2 Å². The summed E-state index contributed by atoms with van der Waals surface area (Å²) in [6.07, 6.45) is 0.906. The Bertz CT molecular complexity index is 491.